The second-order valence-electron chi connectivity index (χ2n) is 7.42. The van der Waals surface area contributed by atoms with Crippen molar-refractivity contribution in [2.75, 3.05) is 23.9 Å². The van der Waals surface area contributed by atoms with Crippen molar-refractivity contribution >= 4 is 27.5 Å². The van der Waals surface area contributed by atoms with Crippen LogP contribution in [0.15, 0.2) is 42.1 Å². The Morgan fingerprint density at radius 2 is 2.17 bits per heavy atom. The molecule has 0 saturated carbocycles. The van der Waals surface area contributed by atoms with Crippen LogP contribution in [0.4, 0.5) is 0 Å². The van der Waals surface area contributed by atoms with E-state index in [0.29, 0.717) is 30.6 Å². The number of sulfone groups is 1. The van der Waals surface area contributed by atoms with E-state index < -0.39 is 9.84 Å². The lowest BCUT2D eigenvalue weighted by molar-refractivity contribution is -0.119. The molecule has 0 unspecified atom stereocenters. The van der Waals surface area contributed by atoms with Gasteiger partial charge in [-0.05, 0) is 12.5 Å². The number of amides is 1. The molecule has 2 aliphatic heterocycles. The number of para-hydroxylation sites is 1. The zero-order chi connectivity index (χ0) is 21.1. The highest BCUT2D eigenvalue weighted by atomic mass is 32.2. The van der Waals surface area contributed by atoms with E-state index in [4.69, 9.17) is 4.74 Å². The van der Waals surface area contributed by atoms with Crippen LogP contribution in [0.3, 0.4) is 0 Å². The molecular formula is C20H24N4O4S2. The van der Waals surface area contributed by atoms with E-state index in [0.717, 1.165) is 17.7 Å². The quantitative estimate of drug-likeness (QED) is 0.511. The SMILES string of the molecule is C=CCn1c(SCC(=O)N[C@@H]2CCOc3ccccc32)nnc1[C@H]1CCS(=O)(=O)C1. The number of carbonyl (C=O) groups excluding carboxylic acids is 1. The van der Waals surface area contributed by atoms with Gasteiger partial charge in [-0.3, -0.25) is 4.79 Å². The van der Waals surface area contributed by atoms with Crippen LogP contribution in [-0.4, -0.2) is 53.0 Å². The molecule has 0 radical (unpaired) electrons. The van der Waals surface area contributed by atoms with Crippen LogP contribution in [0, 0.1) is 0 Å². The number of nitrogens with one attached hydrogen (secondary N) is 1. The first kappa shape index (κ1) is 20.9. The van der Waals surface area contributed by atoms with Crippen LogP contribution in [0.5, 0.6) is 5.75 Å². The number of ether oxygens (including phenoxy) is 1. The fourth-order valence-corrected chi connectivity index (χ4v) is 6.37. The van der Waals surface area contributed by atoms with Crippen molar-refractivity contribution in [2.45, 2.75) is 36.5 Å². The van der Waals surface area contributed by atoms with E-state index in [1.807, 2.05) is 28.8 Å². The maximum absolute atomic E-state index is 12.6. The molecule has 1 N–H and O–H groups in total. The molecule has 4 rings (SSSR count). The monoisotopic (exact) mass is 448 g/mol. The van der Waals surface area contributed by atoms with Crippen LogP contribution >= 0.6 is 11.8 Å². The third kappa shape index (κ3) is 4.54. The molecule has 0 spiro atoms. The predicted molar refractivity (Wildman–Crippen MR) is 114 cm³/mol. The van der Waals surface area contributed by atoms with Crippen molar-refractivity contribution in [1.29, 1.82) is 0 Å². The maximum Gasteiger partial charge on any atom is 0.230 e. The van der Waals surface area contributed by atoms with Crippen LogP contribution in [0.25, 0.3) is 0 Å². The minimum atomic E-state index is -3.02. The molecule has 1 aromatic carbocycles. The Bertz CT molecular complexity index is 1050. The maximum atomic E-state index is 12.6. The number of hydrogen-bond donors (Lipinski definition) is 1. The number of fused-ring (bicyclic) bond motifs is 1. The summed E-state index contributed by atoms with van der Waals surface area (Å²) in [7, 11) is -3.02. The van der Waals surface area contributed by atoms with Gasteiger partial charge in [0.25, 0.3) is 0 Å². The van der Waals surface area contributed by atoms with E-state index in [-0.39, 0.29) is 35.1 Å². The standard InChI is InChI=1S/C20H24N4O4S2/c1-2-9-24-19(14-8-11-30(26,27)13-14)22-23-20(24)29-12-18(25)21-16-7-10-28-17-6-4-3-5-15(16)17/h2-6,14,16H,1,7-13H2,(H,21,25)/t14-,16+/m0/s1. The molecule has 1 fully saturated rings. The first-order chi connectivity index (χ1) is 14.5. The van der Waals surface area contributed by atoms with E-state index in [1.165, 1.54) is 11.8 Å². The number of hydrogen-bond acceptors (Lipinski definition) is 7. The van der Waals surface area contributed by atoms with Gasteiger partial charge in [0.05, 0.1) is 29.9 Å². The second-order valence-corrected chi connectivity index (χ2v) is 10.6. The molecule has 10 heteroatoms. The highest BCUT2D eigenvalue weighted by Gasteiger charge is 2.33. The Labute approximate surface area is 180 Å². The summed E-state index contributed by atoms with van der Waals surface area (Å²) in [5.74, 6) is 1.66. The number of rotatable bonds is 7. The van der Waals surface area contributed by atoms with E-state index in [9.17, 15) is 13.2 Å². The van der Waals surface area contributed by atoms with Gasteiger partial charge in [0.15, 0.2) is 15.0 Å². The summed E-state index contributed by atoms with van der Waals surface area (Å²) in [5.41, 5.74) is 0.988. The summed E-state index contributed by atoms with van der Waals surface area (Å²) in [6.07, 6.45) is 2.99. The first-order valence-electron chi connectivity index (χ1n) is 9.85. The van der Waals surface area contributed by atoms with Crippen LogP contribution < -0.4 is 10.1 Å². The van der Waals surface area contributed by atoms with Gasteiger partial charge in [-0.15, -0.1) is 16.8 Å². The Morgan fingerprint density at radius 1 is 1.33 bits per heavy atom. The lowest BCUT2D eigenvalue weighted by atomic mass is 10.0. The Kier molecular flexibility index (Phi) is 6.14. The fraction of sp³-hybridized carbons (Fsp3) is 0.450. The van der Waals surface area contributed by atoms with Gasteiger partial charge in [0.2, 0.25) is 5.91 Å². The van der Waals surface area contributed by atoms with Gasteiger partial charge in [-0.1, -0.05) is 36.0 Å². The number of thioether (sulfide) groups is 1. The fourth-order valence-electron chi connectivity index (χ4n) is 3.87. The van der Waals surface area contributed by atoms with Crippen molar-refractivity contribution < 1.29 is 17.9 Å². The summed E-state index contributed by atoms with van der Waals surface area (Å²) in [6, 6.07) is 7.65. The lowest BCUT2D eigenvalue weighted by Gasteiger charge is -2.26. The Balaban J connectivity index is 1.41. The summed E-state index contributed by atoms with van der Waals surface area (Å²) in [6.45, 7) is 4.81. The minimum Gasteiger partial charge on any atom is -0.493 e. The van der Waals surface area contributed by atoms with Crippen molar-refractivity contribution in [3.63, 3.8) is 0 Å². The van der Waals surface area contributed by atoms with Crippen LogP contribution in [0.2, 0.25) is 0 Å². The summed E-state index contributed by atoms with van der Waals surface area (Å²) < 4.78 is 31.2. The van der Waals surface area contributed by atoms with Crippen molar-refractivity contribution in [1.82, 2.24) is 20.1 Å². The second kappa shape index (κ2) is 8.81. The summed E-state index contributed by atoms with van der Waals surface area (Å²) >= 11 is 1.29. The number of allylic oxidation sites excluding steroid dienone is 1. The molecule has 0 aliphatic carbocycles. The topological polar surface area (TPSA) is 103 Å². The normalized spacial score (nSPS) is 22.1. The number of carbonyl (C=O) groups is 1. The van der Waals surface area contributed by atoms with E-state index >= 15 is 0 Å². The molecule has 0 bridgehead atoms. The van der Waals surface area contributed by atoms with Gasteiger partial charge in [-0.2, -0.15) is 0 Å². The summed E-state index contributed by atoms with van der Waals surface area (Å²) in [5, 5.41) is 12.1. The van der Waals surface area contributed by atoms with Gasteiger partial charge >= 0.3 is 0 Å². The number of benzene rings is 1. The number of aromatic nitrogens is 3. The third-order valence-corrected chi connectivity index (χ3v) is 8.02. The molecule has 160 valence electrons. The van der Waals surface area contributed by atoms with Crippen LogP contribution in [-0.2, 0) is 21.2 Å². The molecule has 3 heterocycles. The van der Waals surface area contributed by atoms with E-state index in [2.05, 4.69) is 22.1 Å². The largest absolute Gasteiger partial charge is 0.493 e. The molecule has 1 saturated heterocycles. The molecule has 1 amide bonds. The zero-order valence-corrected chi connectivity index (χ0v) is 18.1. The average Bonchev–Trinajstić information content (AvgIpc) is 3.29. The molecule has 30 heavy (non-hydrogen) atoms. The van der Waals surface area contributed by atoms with E-state index in [1.54, 1.807) is 6.08 Å². The van der Waals surface area contributed by atoms with Crippen molar-refractivity contribution in [3.8, 4) is 5.75 Å². The summed E-state index contributed by atoms with van der Waals surface area (Å²) in [4.78, 5) is 12.6. The van der Waals surface area contributed by atoms with Crippen molar-refractivity contribution in [2.24, 2.45) is 0 Å². The number of nitrogens with zero attached hydrogens (tertiary/aromatic N) is 3. The zero-order valence-electron chi connectivity index (χ0n) is 16.5. The highest BCUT2D eigenvalue weighted by Crippen LogP contribution is 2.32. The minimum absolute atomic E-state index is 0.0756. The first-order valence-corrected chi connectivity index (χ1v) is 12.7. The highest BCUT2D eigenvalue weighted by molar-refractivity contribution is 7.99. The lowest BCUT2D eigenvalue weighted by Crippen LogP contribution is -2.33. The van der Waals surface area contributed by atoms with Gasteiger partial charge in [0.1, 0.15) is 11.6 Å². The average molecular weight is 449 g/mol. The molecule has 2 atom stereocenters. The molecule has 2 aromatic rings. The Hall–Kier alpha value is -2.33. The molecular weight excluding hydrogens is 424 g/mol. The van der Waals surface area contributed by atoms with Gasteiger partial charge in [-0.25, -0.2) is 8.42 Å². The predicted octanol–water partition coefficient (Wildman–Crippen LogP) is 2.10. The molecule has 2 aliphatic rings. The smallest absolute Gasteiger partial charge is 0.230 e. The molecule has 8 nitrogen and oxygen atoms in total. The van der Waals surface area contributed by atoms with Crippen molar-refractivity contribution in [3.05, 3.63) is 48.3 Å². The molecule has 1 aromatic heterocycles. The van der Waals surface area contributed by atoms with Gasteiger partial charge < -0.3 is 14.6 Å². The Morgan fingerprint density at radius 3 is 2.93 bits per heavy atom. The van der Waals surface area contributed by atoms with Gasteiger partial charge in [0, 0.05) is 24.4 Å². The van der Waals surface area contributed by atoms with Crippen LogP contribution in [0.1, 0.15) is 36.2 Å². The third-order valence-electron chi connectivity index (χ3n) is 5.28.